The molecule has 0 nitrogen and oxygen atoms in total. The predicted octanol–water partition coefficient (Wildman–Crippen LogP) is 4.12. The molecule has 0 saturated heterocycles. The van der Waals surface area contributed by atoms with E-state index in [9.17, 15) is 0 Å². The molecule has 0 atom stereocenters. The van der Waals surface area contributed by atoms with Crippen LogP contribution in [0.5, 0.6) is 0 Å². The van der Waals surface area contributed by atoms with Gasteiger partial charge >= 0.3 is 0 Å². The highest BCUT2D eigenvalue weighted by Crippen LogP contribution is 2.37. The lowest BCUT2D eigenvalue weighted by Crippen LogP contribution is -1.81. The smallest absolute Gasteiger partial charge is 0.0352 e. The Morgan fingerprint density at radius 2 is 2.08 bits per heavy atom. The summed E-state index contributed by atoms with van der Waals surface area (Å²) in [5, 5.41) is 3.61. The van der Waals surface area contributed by atoms with Crippen LogP contribution >= 0.6 is 23.1 Å². The fourth-order valence-electron chi connectivity index (χ4n) is 1.65. The van der Waals surface area contributed by atoms with Crippen molar-refractivity contribution in [1.82, 2.24) is 0 Å². The molecule has 1 aliphatic heterocycles. The lowest BCUT2D eigenvalue weighted by atomic mass is 10.1. The van der Waals surface area contributed by atoms with Gasteiger partial charge in [0.05, 0.1) is 0 Å². The van der Waals surface area contributed by atoms with E-state index in [4.69, 9.17) is 0 Å². The summed E-state index contributed by atoms with van der Waals surface area (Å²) in [7, 11) is 0. The number of thiophene rings is 1. The highest BCUT2D eigenvalue weighted by molar-refractivity contribution is 8.01. The normalized spacial score (nSPS) is 14.8. The molecule has 0 saturated carbocycles. The molecular formula is C11H8S2. The van der Waals surface area contributed by atoms with E-state index < -0.39 is 0 Å². The molecule has 2 heterocycles. The van der Waals surface area contributed by atoms with Gasteiger partial charge in [-0.3, -0.25) is 0 Å². The Morgan fingerprint density at radius 1 is 1.15 bits per heavy atom. The third-order valence-electron chi connectivity index (χ3n) is 2.26. The zero-order valence-corrected chi connectivity index (χ0v) is 8.62. The fraction of sp³-hybridized carbons (Fsp3) is 0.0909. The Labute approximate surface area is 85.3 Å². The van der Waals surface area contributed by atoms with E-state index in [0.717, 1.165) is 5.75 Å². The molecule has 0 unspecified atom stereocenters. The van der Waals surface area contributed by atoms with E-state index >= 15 is 0 Å². The van der Waals surface area contributed by atoms with Gasteiger partial charge in [-0.1, -0.05) is 18.2 Å². The molecule has 13 heavy (non-hydrogen) atoms. The van der Waals surface area contributed by atoms with Gasteiger partial charge in [-0.25, -0.2) is 0 Å². The summed E-state index contributed by atoms with van der Waals surface area (Å²) in [6, 6.07) is 8.65. The highest BCUT2D eigenvalue weighted by atomic mass is 32.2. The van der Waals surface area contributed by atoms with Gasteiger partial charge in [-0.05, 0) is 23.1 Å². The average Bonchev–Trinajstić information content (AvgIpc) is 2.56. The molecular weight excluding hydrogens is 196 g/mol. The van der Waals surface area contributed by atoms with E-state index in [-0.39, 0.29) is 0 Å². The van der Waals surface area contributed by atoms with Gasteiger partial charge in [0.2, 0.25) is 0 Å². The van der Waals surface area contributed by atoms with Gasteiger partial charge in [0.25, 0.3) is 0 Å². The van der Waals surface area contributed by atoms with Gasteiger partial charge in [0.15, 0.2) is 0 Å². The first-order valence-electron chi connectivity index (χ1n) is 4.24. The molecule has 2 aromatic rings. The summed E-state index contributed by atoms with van der Waals surface area (Å²) in [6.07, 6.45) is 2.24. The Bertz CT molecular complexity index is 480. The standard InChI is InChI=1S/C11H8S2/c1-2-4-10-8(3-1)9-5-6-12-7-11(9)13-10/h1-6H,7H2. The minimum absolute atomic E-state index is 1.14. The summed E-state index contributed by atoms with van der Waals surface area (Å²) < 4.78 is 1.42. The summed E-state index contributed by atoms with van der Waals surface area (Å²) in [5.41, 5.74) is 1.44. The third kappa shape index (κ3) is 1.13. The van der Waals surface area contributed by atoms with Gasteiger partial charge in [-0.2, -0.15) is 0 Å². The van der Waals surface area contributed by atoms with Crippen LogP contribution in [0.15, 0.2) is 29.7 Å². The van der Waals surface area contributed by atoms with Crippen molar-refractivity contribution in [3.05, 3.63) is 40.1 Å². The molecule has 0 aliphatic carbocycles. The van der Waals surface area contributed by atoms with Gasteiger partial charge in [-0.15, -0.1) is 23.1 Å². The molecule has 0 amide bonds. The average molecular weight is 204 g/mol. The minimum Gasteiger partial charge on any atom is -0.139 e. The molecule has 1 aromatic heterocycles. The monoisotopic (exact) mass is 204 g/mol. The predicted molar refractivity (Wildman–Crippen MR) is 62.2 cm³/mol. The summed E-state index contributed by atoms with van der Waals surface area (Å²) in [5.74, 6) is 1.14. The second kappa shape index (κ2) is 2.89. The van der Waals surface area contributed by atoms with E-state index in [0.29, 0.717) is 0 Å². The number of hydrogen-bond donors (Lipinski definition) is 0. The van der Waals surface area contributed by atoms with Crippen LogP contribution in [0.2, 0.25) is 0 Å². The summed E-state index contributed by atoms with van der Waals surface area (Å²) in [4.78, 5) is 1.52. The van der Waals surface area contributed by atoms with Crippen LogP contribution in [0.4, 0.5) is 0 Å². The van der Waals surface area contributed by atoms with Crippen molar-refractivity contribution in [3.8, 4) is 0 Å². The molecule has 64 valence electrons. The van der Waals surface area contributed by atoms with Crippen LogP contribution < -0.4 is 0 Å². The van der Waals surface area contributed by atoms with E-state index in [1.165, 1.54) is 20.5 Å². The summed E-state index contributed by atoms with van der Waals surface area (Å²) >= 11 is 3.81. The van der Waals surface area contributed by atoms with Crippen molar-refractivity contribution in [2.24, 2.45) is 0 Å². The molecule has 0 bridgehead atoms. The van der Waals surface area contributed by atoms with Crippen LogP contribution in [0.25, 0.3) is 16.2 Å². The van der Waals surface area contributed by atoms with E-state index in [1.54, 1.807) is 0 Å². The van der Waals surface area contributed by atoms with E-state index in [1.807, 2.05) is 23.1 Å². The first kappa shape index (κ1) is 7.65. The maximum absolute atomic E-state index is 2.24. The van der Waals surface area contributed by atoms with Crippen LogP contribution in [0.1, 0.15) is 10.4 Å². The number of thioether (sulfide) groups is 1. The number of rotatable bonds is 0. The molecule has 0 N–H and O–H groups in total. The van der Waals surface area contributed by atoms with Crippen LogP contribution in [0.3, 0.4) is 0 Å². The molecule has 3 rings (SSSR count). The zero-order valence-electron chi connectivity index (χ0n) is 6.99. The number of benzene rings is 1. The SMILES string of the molecule is C1=Cc2c(sc3ccccc23)CS1. The third-order valence-corrected chi connectivity index (χ3v) is 4.41. The number of fused-ring (bicyclic) bond motifs is 3. The lowest BCUT2D eigenvalue weighted by Gasteiger charge is -2.02. The van der Waals surface area contributed by atoms with Crippen LogP contribution in [-0.4, -0.2) is 0 Å². The molecule has 1 aliphatic rings. The topological polar surface area (TPSA) is 0 Å². The van der Waals surface area contributed by atoms with Crippen molar-refractivity contribution < 1.29 is 0 Å². The molecule has 2 heteroatoms. The van der Waals surface area contributed by atoms with Gasteiger partial charge in [0.1, 0.15) is 0 Å². The van der Waals surface area contributed by atoms with Crippen molar-refractivity contribution in [2.75, 3.05) is 0 Å². The first-order valence-corrected chi connectivity index (χ1v) is 6.10. The van der Waals surface area contributed by atoms with Crippen molar-refractivity contribution in [3.63, 3.8) is 0 Å². The maximum atomic E-state index is 2.24. The second-order valence-electron chi connectivity index (χ2n) is 3.05. The molecule has 0 spiro atoms. The van der Waals surface area contributed by atoms with Gasteiger partial charge < -0.3 is 0 Å². The first-order chi connectivity index (χ1) is 6.45. The minimum atomic E-state index is 1.14. The number of hydrogen-bond acceptors (Lipinski definition) is 2. The Balaban J connectivity index is 2.42. The van der Waals surface area contributed by atoms with Crippen molar-refractivity contribution in [1.29, 1.82) is 0 Å². The Hall–Kier alpha value is -0.730. The van der Waals surface area contributed by atoms with Crippen molar-refractivity contribution >= 4 is 39.3 Å². The Morgan fingerprint density at radius 3 is 3.08 bits per heavy atom. The molecule has 0 fully saturated rings. The van der Waals surface area contributed by atoms with E-state index in [2.05, 4.69) is 35.7 Å². The van der Waals surface area contributed by atoms with Crippen molar-refractivity contribution in [2.45, 2.75) is 5.75 Å². The molecule has 1 aromatic carbocycles. The summed E-state index contributed by atoms with van der Waals surface area (Å²) in [6.45, 7) is 0. The quantitative estimate of drug-likeness (QED) is 0.622. The van der Waals surface area contributed by atoms with Gasteiger partial charge in [0, 0.05) is 20.7 Å². The Kier molecular flexibility index (Phi) is 1.70. The maximum Gasteiger partial charge on any atom is 0.0352 e. The lowest BCUT2D eigenvalue weighted by molar-refractivity contribution is 1.53. The second-order valence-corrected chi connectivity index (χ2v) is 5.08. The fourth-order valence-corrected chi connectivity index (χ4v) is 3.71. The highest BCUT2D eigenvalue weighted by Gasteiger charge is 2.11. The van der Waals surface area contributed by atoms with Crippen LogP contribution in [-0.2, 0) is 5.75 Å². The molecule has 0 radical (unpaired) electrons. The van der Waals surface area contributed by atoms with Crippen LogP contribution in [0, 0.1) is 0 Å². The largest absolute Gasteiger partial charge is 0.139 e. The zero-order chi connectivity index (χ0) is 8.67.